The van der Waals surface area contributed by atoms with E-state index in [0.717, 1.165) is 16.7 Å². The van der Waals surface area contributed by atoms with Crippen LogP contribution < -0.4 is 9.46 Å². The maximum atomic E-state index is 12.7. The molecule has 0 amide bonds. The van der Waals surface area contributed by atoms with Crippen molar-refractivity contribution in [2.24, 2.45) is 0 Å². The lowest BCUT2D eigenvalue weighted by molar-refractivity contribution is 0.00619. The van der Waals surface area contributed by atoms with Crippen LogP contribution in [0.1, 0.15) is 43.0 Å². The van der Waals surface area contributed by atoms with Crippen LogP contribution in [0.5, 0.6) is 5.75 Å². The lowest BCUT2D eigenvalue weighted by Crippen LogP contribution is -2.52. The minimum atomic E-state index is -3.48. The summed E-state index contributed by atoms with van der Waals surface area (Å²) in [7, 11) is -3.48. The number of β-amino-alcohol motifs (C(OH)–C–C–N with tert-alkyl or cyclic N) is 1. The van der Waals surface area contributed by atoms with E-state index in [4.69, 9.17) is 9.26 Å². The van der Waals surface area contributed by atoms with Crippen molar-refractivity contribution in [2.75, 3.05) is 25.4 Å². The van der Waals surface area contributed by atoms with E-state index in [1.807, 2.05) is 36.9 Å². The highest BCUT2D eigenvalue weighted by Crippen LogP contribution is 2.38. The van der Waals surface area contributed by atoms with Crippen LogP contribution in [0.4, 0.5) is 0 Å². The molecular weight excluding hydrogens is 494 g/mol. The summed E-state index contributed by atoms with van der Waals surface area (Å²) in [5.74, 6) is 1.18. The molecule has 37 heavy (non-hydrogen) atoms. The van der Waals surface area contributed by atoms with Crippen LogP contribution in [0.15, 0.2) is 40.9 Å². The molecule has 2 aliphatic rings. The Morgan fingerprint density at radius 1 is 1.30 bits per heavy atom. The molecule has 0 bridgehead atoms. The number of likely N-dealkylation sites (tertiary alicyclic amines) is 1. The van der Waals surface area contributed by atoms with Crippen LogP contribution >= 0.6 is 0 Å². The summed E-state index contributed by atoms with van der Waals surface area (Å²) in [5.41, 5.74) is 3.69. The van der Waals surface area contributed by atoms with Gasteiger partial charge in [0, 0.05) is 36.8 Å². The van der Waals surface area contributed by atoms with Crippen LogP contribution in [0.2, 0.25) is 0 Å². The highest BCUT2D eigenvalue weighted by atomic mass is 32.2. The van der Waals surface area contributed by atoms with E-state index in [0.29, 0.717) is 55.2 Å². The largest absolute Gasteiger partial charge is 0.490 e. The molecule has 194 valence electrons. The first-order valence-electron chi connectivity index (χ1n) is 12.3. The van der Waals surface area contributed by atoms with Crippen LogP contribution in [0.3, 0.4) is 0 Å². The number of nitriles is 1. The maximum Gasteiger partial charge on any atom is 0.258 e. The SMILES string of the molecule is CC(C)Oc1ccc(-c2nc(-c3cccc4c3CC[C@H]4NS(=O)(=O)CCN3CC(O)C3)no2)cc1C#N. The number of aliphatic hydroxyl groups excluding tert-OH is 1. The van der Waals surface area contributed by atoms with Gasteiger partial charge < -0.3 is 14.4 Å². The lowest BCUT2D eigenvalue weighted by atomic mass is 10.0. The molecule has 0 unspecified atom stereocenters. The summed E-state index contributed by atoms with van der Waals surface area (Å²) in [4.78, 5) is 6.49. The molecule has 2 aromatic carbocycles. The Balaban J connectivity index is 1.33. The first-order valence-corrected chi connectivity index (χ1v) is 13.9. The smallest absolute Gasteiger partial charge is 0.258 e. The summed E-state index contributed by atoms with van der Waals surface area (Å²) < 4.78 is 39.5. The third-order valence-electron chi connectivity index (χ3n) is 6.58. The standard InChI is InChI=1S/C26H29N5O5S/c1-16(2)35-24-9-6-17(12-18(24)13-27)26-28-25(29-36-26)22-5-3-4-21-20(22)7-8-23(21)30-37(33,34)11-10-31-14-19(32)15-31/h3-6,9,12,16,19,23,30,32H,7-8,10-11,14-15H2,1-2H3/t23-/m1/s1. The number of hydrogen-bond donors (Lipinski definition) is 2. The summed E-state index contributed by atoms with van der Waals surface area (Å²) in [6.45, 7) is 5.23. The van der Waals surface area contributed by atoms with Gasteiger partial charge in [-0.25, -0.2) is 13.1 Å². The van der Waals surface area contributed by atoms with Gasteiger partial charge in [-0.15, -0.1) is 0 Å². The molecule has 2 N–H and O–H groups in total. The number of ether oxygens (including phenoxy) is 1. The summed E-state index contributed by atoms with van der Waals surface area (Å²) in [5, 5.41) is 23.1. The van der Waals surface area contributed by atoms with E-state index in [1.54, 1.807) is 18.2 Å². The number of nitrogens with one attached hydrogen (secondary N) is 1. The first-order chi connectivity index (χ1) is 17.7. The predicted octanol–water partition coefficient (Wildman–Crippen LogP) is 2.65. The predicted molar refractivity (Wildman–Crippen MR) is 136 cm³/mol. The van der Waals surface area contributed by atoms with Crippen molar-refractivity contribution in [3.63, 3.8) is 0 Å². The molecule has 1 saturated heterocycles. The van der Waals surface area contributed by atoms with Crippen molar-refractivity contribution in [3.8, 4) is 34.7 Å². The molecule has 5 rings (SSSR count). The molecule has 10 nitrogen and oxygen atoms in total. The van der Waals surface area contributed by atoms with Crippen molar-refractivity contribution in [1.82, 2.24) is 19.8 Å². The molecular formula is C26H29N5O5S. The first kappa shape index (κ1) is 25.4. The average Bonchev–Trinajstić information content (AvgIpc) is 3.49. The summed E-state index contributed by atoms with van der Waals surface area (Å²) in [6, 6.07) is 12.7. The van der Waals surface area contributed by atoms with E-state index >= 15 is 0 Å². The fraction of sp³-hybridized carbons (Fsp3) is 0.423. The molecule has 0 saturated carbocycles. The zero-order chi connectivity index (χ0) is 26.2. The van der Waals surface area contributed by atoms with Gasteiger partial charge in [-0.3, -0.25) is 4.90 Å². The van der Waals surface area contributed by atoms with Gasteiger partial charge in [0.15, 0.2) is 0 Å². The van der Waals surface area contributed by atoms with Gasteiger partial charge in [0.1, 0.15) is 11.8 Å². The Kier molecular flexibility index (Phi) is 7.00. The molecule has 2 heterocycles. The van der Waals surface area contributed by atoms with Gasteiger partial charge in [0.25, 0.3) is 5.89 Å². The van der Waals surface area contributed by atoms with Crippen molar-refractivity contribution in [3.05, 3.63) is 53.1 Å². The average molecular weight is 524 g/mol. The normalized spacial score (nSPS) is 18.0. The van der Waals surface area contributed by atoms with Crippen LogP contribution in [0.25, 0.3) is 22.8 Å². The maximum absolute atomic E-state index is 12.7. The van der Waals surface area contributed by atoms with Crippen molar-refractivity contribution >= 4 is 10.0 Å². The number of sulfonamides is 1. The lowest BCUT2D eigenvalue weighted by Gasteiger charge is -2.35. The van der Waals surface area contributed by atoms with E-state index in [2.05, 4.69) is 20.9 Å². The zero-order valence-corrected chi connectivity index (χ0v) is 21.5. The highest BCUT2D eigenvalue weighted by Gasteiger charge is 2.31. The minimum Gasteiger partial charge on any atom is -0.490 e. The van der Waals surface area contributed by atoms with Crippen LogP contribution in [-0.4, -0.2) is 66.2 Å². The number of hydrogen-bond acceptors (Lipinski definition) is 9. The fourth-order valence-electron chi connectivity index (χ4n) is 4.79. The molecule has 1 aromatic heterocycles. The van der Waals surface area contributed by atoms with Crippen LogP contribution in [0, 0.1) is 11.3 Å². The number of rotatable bonds is 9. The van der Waals surface area contributed by atoms with E-state index in [1.165, 1.54) is 0 Å². The number of fused-ring (bicyclic) bond motifs is 1. The monoisotopic (exact) mass is 523 g/mol. The van der Waals surface area contributed by atoms with E-state index in [-0.39, 0.29) is 29.9 Å². The van der Waals surface area contributed by atoms with Crippen molar-refractivity contribution in [1.29, 1.82) is 5.26 Å². The van der Waals surface area contributed by atoms with Gasteiger partial charge in [0.05, 0.1) is 23.5 Å². The van der Waals surface area contributed by atoms with E-state index in [9.17, 15) is 18.8 Å². The number of aliphatic hydroxyl groups is 1. The molecule has 1 atom stereocenters. The molecule has 1 aliphatic heterocycles. The highest BCUT2D eigenvalue weighted by molar-refractivity contribution is 7.89. The van der Waals surface area contributed by atoms with Gasteiger partial charge >= 0.3 is 0 Å². The molecule has 1 fully saturated rings. The third-order valence-corrected chi connectivity index (χ3v) is 7.95. The second kappa shape index (κ2) is 10.2. The summed E-state index contributed by atoms with van der Waals surface area (Å²) >= 11 is 0. The number of nitrogens with zero attached hydrogens (tertiary/aromatic N) is 4. The second-order valence-corrected chi connectivity index (χ2v) is 11.6. The van der Waals surface area contributed by atoms with Crippen molar-refractivity contribution in [2.45, 2.75) is 44.9 Å². The Morgan fingerprint density at radius 2 is 2.11 bits per heavy atom. The van der Waals surface area contributed by atoms with E-state index < -0.39 is 10.0 Å². The molecule has 3 aromatic rings. The van der Waals surface area contributed by atoms with Crippen molar-refractivity contribution < 1.29 is 22.8 Å². The summed E-state index contributed by atoms with van der Waals surface area (Å²) in [6.07, 6.45) is 0.909. The van der Waals surface area contributed by atoms with Gasteiger partial charge in [-0.2, -0.15) is 10.2 Å². The van der Waals surface area contributed by atoms with Crippen LogP contribution in [-0.2, 0) is 16.4 Å². The molecule has 1 aliphatic carbocycles. The molecule has 11 heteroatoms. The minimum absolute atomic E-state index is 0.00880. The Hall–Kier alpha value is -3.30. The molecule has 0 spiro atoms. The number of aromatic nitrogens is 2. The Bertz CT molecular complexity index is 1440. The Morgan fingerprint density at radius 3 is 2.84 bits per heavy atom. The fourth-order valence-corrected chi connectivity index (χ4v) is 6.09. The zero-order valence-electron chi connectivity index (χ0n) is 20.7. The second-order valence-electron chi connectivity index (χ2n) is 9.73. The quantitative estimate of drug-likeness (QED) is 0.433. The third kappa shape index (κ3) is 5.52. The number of benzene rings is 2. The Labute approximate surface area is 215 Å². The molecule has 0 radical (unpaired) electrons. The van der Waals surface area contributed by atoms with Gasteiger partial charge in [-0.05, 0) is 56.0 Å². The topological polar surface area (TPSA) is 142 Å². The van der Waals surface area contributed by atoms with Gasteiger partial charge in [-0.1, -0.05) is 23.4 Å². The van der Waals surface area contributed by atoms with Gasteiger partial charge in [0.2, 0.25) is 15.8 Å².